The van der Waals surface area contributed by atoms with Crippen LogP contribution < -0.4 is 5.73 Å². The largest absolute Gasteiger partial charge is 0.334 e. The molecule has 3 heteroatoms. The van der Waals surface area contributed by atoms with Gasteiger partial charge in [0.25, 0.3) is 0 Å². The Morgan fingerprint density at radius 3 is 2.31 bits per heavy atom. The Morgan fingerprint density at radius 1 is 1.19 bits per heavy atom. The molecule has 1 aromatic carbocycles. The maximum atomic E-state index is 5.65. The molecule has 1 aromatic heterocycles. The molecule has 0 aliphatic rings. The number of nitrogens with zero attached hydrogens (tertiary/aromatic N) is 2. The molecule has 16 heavy (non-hydrogen) atoms. The quantitative estimate of drug-likeness (QED) is 0.834. The van der Waals surface area contributed by atoms with E-state index in [-0.39, 0.29) is 0 Å². The van der Waals surface area contributed by atoms with Gasteiger partial charge in [0.05, 0.1) is 12.2 Å². The van der Waals surface area contributed by atoms with Crippen LogP contribution in [0.1, 0.15) is 17.1 Å². The van der Waals surface area contributed by atoms with Crippen molar-refractivity contribution in [2.75, 3.05) is 0 Å². The van der Waals surface area contributed by atoms with Gasteiger partial charge in [-0.25, -0.2) is 4.98 Å². The van der Waals surface area contributed by atoms with Crippen LogP contribution in [0.15, 0.2) is 24.3 Å². The van der Waals surface area contributed by atoms with Crippen LogP contribution in [0.2, 0.25) is 0 Å². The minimum absolute atomic E-state index is 0.475. The number of benzene rings is 1. The highest BCUT2D eigenvalue weighted by molar-refractivity contribution is 5.62. The lowest BCUT2D eigenvalue weighted by atomic mass is 10.1. The van der Waals surface area contributed by atoms with Crippen molar-refractivity contribution in [3.05, 3.63) is 41.3 Å². The molecular formula is C13H17N3. The van der Waals surface area contributed by atoms with Crippen LogP contribution in [0.5, 0.6) is 0 Å². The van der Waals surface area contributed by atoms with Gasteiger partial charge < -0.3 is 10.3 Å². The first-order chi connectivity index (χ1) is 7.63. The van der Waals surface area contributed by atoms with E-state index in [9.17, 15) is 0 Å². The van der Waals surface area contributed by atoms with Gasteiger partial charge in [0.15, 0.2) is 0 Å². The van der Waals surface area contributed by atoms with E-state index < -0.39 is 0 Å². The summed E-state index contributed by atoms with van der Waals surface area (Å²) in [6.07, 6.45) is 0. The van der Waals surface area contributed by atoms with Gasteiger partial charge in [-0.1, -0.05) is 29.8 Å². The number of aryl methyl sites for hydroxylation is 1. The molecule has 0 bridgehead atoms. The van der Waals surface area contributed by atoms with Gasteiger partial charge in [-0.15, -0.1) is 0 Å². The molecule has 0 unspecified atom stereocenters. The summed E-state index contributed by atoms with van der Waals surface area (Å²) in [6.45, 7) is 4.63. The van der Waals surface area contributed by atoms with Crippen LogP contribution in [0.3, 0.4) is 0 Å². The SMILES string of the molecule is Cc1ccc(-c2nc(CN)n(C)c2C)cc1. The van der Waals surface area contributed by atoms with Crippen LogP contribution in [0.25, 0.3) is 11.3 Å². The fraction of sp³-hybridized carbons (Fsp3) is 0.308. The molecule has 84 valence electrons. The van der Waals surface area contributed by atoms with Crippen LogP contribution >= 0.6 is 0 Å². The molecule has 1 heterocycles. The van der Waals surface area contributed by atoms with Crippen molar-refractivity contribution in [3.63, 3.8) is 0 Å². The van der Waals surface area contributed by atoms with Gasteiger partial charge in [0, 0.05) is 18.3 Å². The zero-order valence-corrected chi connectivity index (χ0v) is 9.99. The van der Waals surface area contributed by atoms with Gasteiger partial charge in [-0.3, -0.25) is 0 Å². The summed E-state index contributed by atoms with van der Waals surface area (Å²) in [5, 5.41) is 0. The second kappa shape index (κ2) is 4.10. The van der Waals surface area contributed by atoms with Crippen LogP contribution in [-0.2, 0) is 13.6 Å². The van der Waals surface area contributed by atoms with E-state index in [0.717, 1.165) is 22.8 Å². The molecule has 2 rings (SSSR count). The minimum atomic E-state index is 0.475. The molecule has 0 saturated carbocycles. The van der Waals surface area contributed by atoms with Crippen molar-refractivity contribution < 1.29 is 0 Å². The monoisotopic (exact) mass is 215 g/mol. The second-order valence-electron chi connectivity index (χ2n) is 4.09. The van der Waals surface area contributed by atoms with Gasteiger partial charge in [-0.2, -0.15) is 0 Å². The van der Waals surface area contributed by atoms with Crippen LogP contribution in [-0.4, -0.2) is 9.55 Å². The van der Waals surface area contributed by atoms with Crippen molar-refractivity contribution in [2.24, 2.45) is 12.8 Å². The van der Waals surface area contributed by atoms with E-state index in [1.807, 2.05) is 7.05 Å². The fourth-order valence-corrected chi connectivity index (χ4v) is 1.80. The van der Waals surface area contributed by atoms with Gasteiger partial charge in [0.1, 0.15) is 5.82 Å². The molecule has 0 amide bonds. The highest BCUT2D eigenvalue weighted by Gasteiger charge is 2.11. The third kappa shape index (κ3) is 1.74. The number of rotatable bonds is 2. The zero-order valence-electron chi connectivity index (χ0n) is 9.99. The molecule has 0 aliphatic carbocycles. The predicted octanol–water partition coefficient (Wildman–Crippen LogP) is 2.16. The Bertz CT molecular complexity index is 495. The lowest BCUT2D eigenvalue weighted by Crippen LogP contribution is -2.05. The highest BCUT2D eigenvalue weighted by Crippen LogP contribution is 2.23. The topological polar surface area (TPSA) is 43.8 Å². The summed E-state index contributed by atoms with van der Waals surface area (Å²) in [5.74, 6) is 0.924. The van der Waals surface area contributed by atoms with Gasteiger partial charge in [-0.05, 0) is 13.8 Å². The number of hydrogen-bond acceptors (Lipinski definition) is 2. The van der Waals surface area contributed by atoms with Gasteiger partial charge >= 0.3 is 0 Å². The van der Waals surface area contributed by atoms with E-state index >= 15 is 0 Å². The van der Waals surface area contributed by atoms with Crippen molar-refractivity contribution in [1.82, 2.24) is 9.55 Å². The molecular weight excluding hydrogens is 198 g/mol. The standard InChI is InChI=1S/C13H17N3/c1-9-4-6-11(7-5-9)13-10(2)16(3)12(8-14)15-13/h4-7H,8,14H2,1-3H3. The number of hydrogen-bond donors (Lipinski definition) is 1. The summed E-state index contributed by atoms with van der Waals surface area (Å²) in [4.78, 5) is 4.57. The Balaban J connectivity index is 2.52. The Morgan fingerprint density at radius 2 is 1.81 bits per heavy atom. The maximum Gasteiger partial charge on any atom is 0.123 e. The first kappa shape index (κ1) is 10.9. The number of imidazole rings is 1. The average molecular weight is 215 g/mol. The smallest absolute Gasteiger partial charge is 0.123 e. The molecule has 2 aromatic rings. The minimum Gasteiger partial charge on any atom is -0.334 e. The average Bonchev–Trinajstić information content (AvgIpc) is 2.57. The molecule has 0 saturated heterocycles. The molecule has 2 N–H and O–H groups in total. The number of aromatic nitrogens is 2. The van der Waals surface area contributed by atoms with Crippen LogP contribution in [0.4, 0.5) is 0 Å². The molecule has 0 atom stereocenters. The third-order valence-electron chi connectivity index (χ3n) is 2.98. The zero-order chi connectivity index (χ0) is 11.7. The van der Waals surface area contributed by atoms with E-state index in [1.54, 1.807) is 0 Å². The first-order valence-electron chi connectivity index (χ1n) is 5.42. The lowest BCUT2D eigenvalue weighted by Gasteiger charge is -2.01. The van der Waals surface area contributed by atoms with E-state index in [1.165, 1.54) is 5.56 Å². The molecule has 0 fully saturated rings. The summed E-state index contributed by atoms with van der Waals surface area (Å²) in [5.41, 5.74) is 10.3. The van der Waals surface area contributed by atoms with E-state index in [0.29, 0.717) is 6.54 Å². The number of nitrogens with two attached hydrogens (primary N) is 1. The lowest BCUT2D eigenvalue weighted by molar-refractivity contribution is 0.774. The van der Waals surface area contributed by atoms with Gasteiger partial charge in [0.2, 0.25) is 0 Å². The summed E-state index contributed by atoms with van der Waals surface area (Å²) in [6, 6.07) is 8.41. The normalized spacial score (nSPS) is 10.8. The molecule has 0 spiro atoms. The first-order valence-corrected chi connectivity index (χ1v) is 5.42. The second-order valence-corrected chi connectivity index (χ2v) is 4.09. The molecule has 0 radical (unpaired) electrons. The fourth-order valence-electron chi connectivity index (χ4n) is 1.80. The van der Waals surface area contributed by atoms with Crippen LogP contribution in [0, 0.1) is 13.8 Å². The van der Waals surface area contributed by atoms with Crippen molar-refractivity contribution in [3.8, 4) is 11.3 Å². The molecule has 3 nitrogen and oxygen atoms in total. The summed E-state index contributed by atoms with van der Waals surface area (Å²) < 4.78 is 2.05. The Hall–Kier alpha value is -1.61. The third-order valence-corrected chi connectivity index (χ3v) is 2.98. The molecule has 0 aliphatic heterocycles. The van der Waals surface area contributed by atoms with E-state index in [2.05, 4.69) is 47.7 Å². The highest BCUT2D eigenvalue weighted by atomic mass is 15.1. The predicted molar refractivity (Wildman–Crippen MR) is 66.0 cm³/mol. The summed E-state index contributed by atoms with van der Waals surface area (Å²) in [7, 11) is 2.00. The van der Waals surface area contributed by atoms with Crippen molar-refractivity contribution >= 4 is 0 Å². The van der Waals surface area contributed by atoms with E-state index in [4.69, 9.17) is 5.73 Å². The summed E-state index contributed by atoms with van der Waals surface area (Å²) >= 11 is 0. The Labute approximate surface area is 95.9 Å². The van der Waals surface area contributed by atoms with Crippen molar-refractivity contribution in [2.45, 2.75) is 20.4 Å². The maximum absolute atomic E-state index is 5.65. The van der Waals surface area contributed by atoms with Crippen molar-refractivity contribution in [1.29, 1.82) is 0 Å². The Kier molecular flexibility index (Phi) is 2.79.